The second-order valence-electron chi connectivity index (χ2n) is 6.67. The van der Waals surface area contributed by atoms with E-state index in [1.165, 1.54) is 0 Å². The van der Waals surface area contributed by atoms with Crippen LogP contribution in [0.15, 0.2) is 63.8 Å². The Hall–Kier alpha value is -3.28. The first-order chi connectivity index (χ1) is 13.7. The van der Waals surface area contributed by atoms with Gasteiger partial charge in [0.25, 0.3) is 5.91 Å². The third kappa shape index (κ3) is 3.45. The number of rotatable bonds is 4. The molecular formula is C22H22N2O4. The van der Waals surface area contributed by atoms with Gasteiger partial charge in [-0.15, -0.1) is 0 Å². The summed E-state index contributed by atoms with van der Waals surface area (Å²) in [6.07, 6.45) is 0. The van der Waals surface area contributed by atoms with E-state index in [0.717, 1.165) is 16.8 Å². The lowest BCUT2D eigenvalue weighted by molar-refractivity contribution is 0.0742. The molecule has 6 heteroatoms. The molecule has 0 N–H and O–H groups in total. The largest absolute Gasteiger partial charge is 0.492 e. The molecule has 0 spiro atoms. The van der Waals surface area contributed by atoms with E-state index in [1.54, 1.807) is 23.1 Å². The molecule has 0 saturated carbocycles. The molecule has 1 amide bonds. The number of hydrogen-bond acceptors (Lipinski definition) is 5. The molecule has 1 aliphatic heterocycles. The molecule has 144 valence electrons. The molecule has 3 aromatic rings. The van der Waals surface area contributed by atoms with Crippen molar-refractivity contribution in [3.63, 3.8) is 0 Å². The minimum atomic E-state index is -0.590. The zero-order valence-electron chi connectivity index (χ0n) is 15.8. The average molecular weight is 378 g/mol. The lowest BCUT2D eigenvalue weighted by Gasteiger charge is -2.36. The fourth-order valence-corrected chi connectivity index (χ4v) is 3.53. The van der Waals surface area contributed by atoms with E-state index in [4.69, 9.17) is 9.15 Å². The van der Waals surface area contributed by atoms with E-state index in [0.29, 0.717) is 38.4 Å². The number of fused-ring (bicyclic) bond motifs is 1. The zero-order valence-corrected chi connectivity index (χ0v) is 15.8. The van der Waals surface area contributed by atoms with Gasteiger partial charge in [-0.1, -0.05) is 30.3 Å². The summed E-state index contributed by atoms with van der Waals surface area (Å²) < 4.78 is 11.0. The lowest BCUT2D eigenvalue weighted by Crippen LogP contribution is -2.49. The summed E-state index contributed by atoms with van der Waals surface area (Å²) in [6, 6.07) is 16.7. The maximum Gasteiger partial charge on any atom is 0.349 e. The Morgan fingerprint density at radius 1 is 1.04 bits per heavy atom. The fourth-order valence-electron chi connectivity index (χ4n) is 3.53. The van der Waals surface area contributed by atoms with Crippen LogP contribution in [0.4, 0.5) is 5.69 Å². The molecule has 0 bridgehead atoms. The molecule has 1 aliphatic rings. The minimum absolute atomic E-state index is 0.0851. The van der Waals surface area contributed by atoms with Crippen molar-refractivity contribution in [3.05, 3.63) is 70.6 Å². The molecule has 0 atom stereocenters. The van der Waals surface area contributed by atoms with Gasteiger partial charge in [0.1, 0.15) is 16.9 Å². The number of nitrogens with zero attached hydrogens (tertiary/aromatic N) is 2. The van der Waals surface area contributed by atoms with Gasteiger partial charge in [0.05, 0.1) is 12.3 Å². The highest BCUT2D eigenvalue weighted by Gasteiger charge is 2.26. The van der Waals surface area contributed by atoms with Gasteiger partial charge in [-0.3, -0.25) is 4.79 Å². The Labute approximate surface area is 162 Å². The molecule has 0 unspecified atom stereocenters. The summed E-state index contributed by atoms with van der Waals surface area (Å²) in [5, 5.41) is 0.745. The number of amides is 1. The SMILES string of the molecule is CCOc1ccccc1N1CCN(C(=O)c2cc3ccccc3oc2=O)CC1. The van der Waals surface area contributed by atoms with Crippen molar-refractivity contribution < 1.29 is 13.9 Å². The smallest absolute Gasteiger partial charge is 0.349 e. The minimum Gasteiger partial charge on any atom is -0.492 e. The van der Waals surface area contributed by atoms with Crippen LogP contribution in [0.5, 0.6) is 5.75 Å². The standard InChI is InChI=1S/C22H22N2O4/c1-2-27-20-10-6-4-8-18(20)23-11-13-24(14-12-23)21(25)17-15-16-7-3-5-9-19(16)28-22(17)26/h3-10,15H,2,11-14H2,1H3. The van der Waals surface area contributed by atoms with Crippen LogP contribution in [0.25, 0.3) is 11.0 Å². The quantitative estimate of drug-likeness (QED) is 0.653. The molecule has 6 nitrogen and oxygen atoms in total. The molecule has 2 aromatic carbocycles. The Morgan fingerprint density at radius 2 is 1.75 bits per heavy atom. The second-order valence-corrected chi connectivity index (χ2v) is 6.67. The molecule has 0 radical (unpaired) electrons. The van der Waals surface area contributed by atoms with E-state index < -0.39 is 5.63 Å². The van der Waals surface area contributed by atoms with Gasteiger partial charge in [0.2, 0.25) is 0 Å². The van der Waals surface area contributed by atoms with E-state index in [2.05, 4.69) is 4.90 Å². The van der Waals surface area contributed by atoms with Crippen molar-refractivity contribution in [1.29, 1.82) is 0 Å². The van der Waals surface area contributed by atoms with Crippen LogP contribution >= 0.6 is 0 Å². The molecule has 4 rings (SSSR count). The monoisotopic (exact) mass is 378 g/mol. The summed E-state index contributed by atoms with van der Waals surface area (Å²) in [7, 11) is 0. The molecule has 28 heavy (non-hydrogen) atoms. The molecule has 2 heterocycles. The summed E-state index contributed by atoms with van der Waals surface area (Å²) in [5.74, 6) is 0.567. The summed E-state index contributed by atoms with van der Waals surface area (Å²) in [6.45, 7) is 4.98. The number of para-hydroxylation sites is 3. The Kier molecular flexibility index (Phi) is 5.02. The lowest BCUT2D eigenvalue weighted by atomic mass is 10.1. The van der Waals surface area contributed by atoms with Gasteiger partial charge < -0.3 is 19.0 Å². The first kappa shape index (κ1) is 18.1. The number of anilines is 1. The van der Waals surface area contributed by atoms with E-state index >= 15 is 0 Å². The average Bonchev–Trinajstić information content (AvgIpc) is 2.73. The predicted octanol–water partition coefficient (Wildman–Crippen LogP) is 3.15. The second kappa shape index (κ2) is 7.76. The van der Waals surface area contributed by atoms with Crippen molar-refractivity contribution in [2.45, 2.75) is 6.92 Å². The van der Waals surface area contributed by atoms with Crippen LogP contribution in [0.3, 0.4) is 0 Å². The van der Waals surface area contributed by atoms with Gasteiger partial charge >= 0.3 is 5.63 Å². The van der Waals surface area contributed by atoms with Crippen LogP contribution in [-0.2, 0) is 0 Å². The summed E-state index contributed by atoms with van der Waals surface area (Å²) in [4.78, 5) is 29.1. The van der Waals surface area contributed by atoms with Gasteiger partial charge in [0.15, 0.2) is 0 Å². The maximum absolute atomic E-state index is 12.9. The fraction of sp³-hybridized carbons (Fsp3) is 0.273. The van der Waals surface area contributed by atoms with Gasteiger partial charge in [0, 0.05) is 31.6 Å². The first-order valence-electron chi connectivity index (χ1n) is 9.46. The Bertz CT molecular complexity index is 1050. The van der Waals surface area contributed by atoms with Crippen LogP contribution in [0, 0.1) is 0 Å². The van der Waals surface area contributed by atoms with Crippen LogP contribution in [-0.4, -0.2) is 43.6 Å². The highest BCUT2D eigenvalue weighted by atomic mass is 16.5. The third-order valence-corrected chi connectivity index (χ3v) is 4.94. The number of hydrogen-bond donors (Lipinski definition) is 0. The Morgan fingerprint density at radius 3 is 2.54 bits per heavy atom. The number of benzene rings is 2. The first-order valence-corrected chi connectivity index (χ1v) is 9.46. The molecule has 1 aromatic heterocycles. The van der Waals surface area contributed by atoms with Crippen molar-refractivity contribution in [2.75, 3.05) is 37.7 Å². The summed E-state index contributed by atoms with van der Waals surface area (Å²) >= 11 is 0. The van der Waals surface area contributed by atoms with E-state index in [-0.39, 0.29) is 11.5 Å². The van der Waals surface area contributed by atoms with Crippen LogP contribution < -0.4 is 15.3 Å². The number of carbonyl (C=O) groups is 1. The summed E-state index contributed by atoms with van der Waals surface area (Å²) in [5.41, 5.74) is 1.01. The predicted molar refractivity (Wildman–Crippen MR) is 108 cm³/mol. The number of piperazine rings is 1. The van der Waals surface area contributed by atoms with Gasteiger partial charge in [-0.25, -0.2) is 4.79 Å². The highest BCUT2D eigenvalue weighted by Crippen LogP contribution is 2.29. The topological polar surface area (TPSA) is 63.0 Å². The van der Waals surface area contributed by atoms with Crippen molar-refractivity contribution >= 4 is 22.6 Å². The normalized spacial score (nSPS) is 14.3. The molecule has 0 aliphatic carbocycles. The molecule has 1 saturated heterocycles. The van der Waals surface area contributed by atoms with E-state index in [9.17, 15) is 9.59 Å². The molecular weight excluding hydrogens is 356 g/mol. The van der Waals surface area contributed by atoms with Gasteiger partial charge in [-0.05, 0) is 31.2 Å². The molecule has 1 fully saturated rings. The van der Waals surface area contributed by atoms with Crippen LogP contribution in [0.1, 0.15) is 17.3 Å². The number of carbonyl (C=O) groups excluding carboxylic acids is 1. The van der Waals surface area contributed by atoms with Gasteiger partial charge in [-0.2, -0.15) is 0 Å². The zero-order chi connectivity index (χ0) is 19.5. The van der Waals surface area contributed by atoms with Crippen molar-refractivity contribution in [3.8, 4) is 5.75 Å². The van der Waals surface area contributed by atoms with Crippen LogP contribution in [0.2, 0.25) is 0 Å². The van der Waals surface area contributed by atoms with E-state index in [1.807, 2.05) is 43.3 Å². The van der Waals surface area contributed by atoms with Crippen molar-refractivity contribution in [1.82, 2.24) is 4.90 Å². The Balaban J connectivity index is 1.51. The maximum atomic E-state index is 12.9. The number of ether oxygens (including phenoxy) is 1. The highest BCUT2D eigenvalue weighted by molar-refractivity contribution is 5.96. The third-order valence-electron chi connectivity index (χ3n) is 4.94. The van der Waals surface area contributed by atoms with Crippen molar-refractivity contribution in [2.24, 2.45) is 0 Å².